The molecule has 2 unspecified atom stereocenters. The van der Waals surface area contributed by atoms with Crippen LogP contribution in [0, 0.1) is 0 Å². The van der Waals surface area contributed by atoms with Crippen molar-refractivity contribution in [2.24, 2.45) is 4.99 Å². The molecule has 3 aliphatic heterocycles. The van der Waals surface area contributed by atoms with E-state index >= 15 is 0 Å². The van der Waals surface area contributed by atoms with Gasteiger partial charge in [0.1, 0.15) is 6.54 Å². The summed E-state index contributed by atoms with van der Waals surface area (Å²) in [5.41, 5.74) is 0.993. The molecule has 1 fully saturated rings. The number of likely N-dealkylation sites (N-methyl/N-ethyl adjacent to an activating group) is 1. The molecule has 0 saturated carbocycles. The first-order valence-corrected chi connectivity index (χ1v) is 10.2. The van der Waals surface area contributed by atoms with E-state index in [0.717, 1.165) is 17.0 Å². The second-order valence-corrected chi connectivity index (χ2v) is 7.83. The second-order valence-electron chi connectivity index (χ2n) is 7.83. The lowest BCUT2D eigenvalue weighted by atomic mass is 10.1. The number of carbonyl (C=O) groups excluding carboxylic acids is 3. The van der Waals surface area contributed by atoms with Crippen molar-refractivity contribution in [1.29, 1.82) is 0 Å². The van der Waals surface area contributed by atoms with Crippen LogP contribution in [0.2, 0.25) is 0 Å². The lowest BCUT2D eigenvalue weighted by molar-refractivity contribution is -0.150. The minimum absolute atomic E-state index is 0.111. The number of rotatable bonds is 4. The molecule has 0 aromatic heterocycles. The van der Waals surface area contributed by atoms with E-state index in [1.165, 1.54) is 24.1 Å². The van der Waals surface area contributed by atoms with Crippen molar-refractivity contribution in [3.8, 4) is 0 Å². The lowest BCUT2D eigenvalue weighted by Crippen LogP contribution is -2.65. The van der Waals surface area contributed by atoms with Gasteiger partial charge in [-0.3, -0.25) is 24.3 Å². The maximum Gasteiger partial charge on any atom is 0.416 e. The zero-order valence-corrected chi connectivity index (χ0v) is 18.4. The van der Waals surface area contributed by atoms with Crippen LogP contribution in [0.5, 0.6) is 0 Å². The van der Waals surface area contributed by atoms with Gasteiger partial charge in [0.2, 0.25) is 5.96 Å². The molecule has 2 atom stereocenters. The average Bonchev–Trinajstić information content (AvgIpc) is 3.25. The summed E-state index contributed by atoms with van der Waals surface area (Å²) in [6, 6.07) is 3.02. The van der Waals surface area contributed by atoms with Gasteiger partial charge in [0, 0.05) is 24.1 Å². The van der Waals surface area contributed by atoms with Crippen LogP contribution in [-0.2, 0) is 20.5 Å². The second kappa shape index (κ2) is 7.78. The summed E-state index contributed by atoms with van der Waals surface area (Å²) in [6.07, 6.45) is -5.31. The van der Waals surface area contributed by atoms with Gasteiger partial charge in [0.25, 0.3) is 5.91 Å². The molecule has 1 aromatic rings. The van der Waals surface area contributed by atoms with E-state index in [0.29, 0.717) is 23.0 Å². The summed E-state index contributed by atoms with van der Waals surface area (Å²) in [6.45, 7) is 4.73. The summed E-state index contributed by atoms with van der Waals surface area (Å²) < 4.78 is 43.8. The predicted molar refractivity (Wildman–Crippen MR) is 111 cm³/mol. The number of amides is 3. The Morgan fingerprint density at radius 3 is 2.33 bits per heavy atom. The Kier molecular flexibility index (Phi) is 5.33. The number of imide groups is 1. The van der Waals surface area contributed by atoms with Crippen molar-refractivity contribution in [2.45, 2.75) is 39.2 Å². The van der Waals surface area contributed by atoms with Crippen molar-refractivity contribution in [3.63, 3.8) is 0 Å². The van der Waals surface area contributed by atoms with Crippen LogP contribution in [0.15, 0.2) is 40.7 Å². The lowest BCUT2D eigenvalue weighted by Gasteiger charge is -2.40. The molecule has 0 spiro atoms. The molecule has 3 heterocycles. The molecule has 3 amide bonds. The third-order valence-electron chi connectivity index (χ3n) is 5.94. The normalized spacial score (nSPS) is 22.7. The number of hydrogen-bond acceptors (Lipinski definition) is 7. The van der Waals surface area contributed by atoms with E-state index in [1.54, 1.807) is 30.6 Å². The number of carbonyl (C=O) groups is 3. The number of halogens is 3. The van der Waals surface area contributed by atoms with Crippen LogP contribution in [0.3, 0.4) is 0 Å². The van der Waals surface area contributed by atoms with Crippen molar-refractivity contribution in [3.05, 3.63) is 41.2 Å². The third-order valence-corrected chi connectivity index (χ3v) is 5.94. The van der Waals surface area contributed by atoms with Crippen molar-refractivity contribution >= 4 is 29.6 Å². The molecule has 12 heteroatoms. The van der Waals surface area contributed by atoms with Crippen molar-refractivity contribution in [2.75, 3.05) is 25.1 Å². The van der Waals surface area contributed by atoms with E-state index in [-0.39, 0.29) is 6.61 Å². The summed E-state index contributed by atoms with van der Waals surface area (Å²) in [7, 11) is 1.48. The molecule has 176 valence electrons. The number of benzene rings is 1. The van der Waals surface area contributed by atoms with Gasteiger partial charge in [0.05, 0.1) is 12.2 Å². The molecule has 4 rings (SSSR count). The molecule has 0 N–H and O–H groups in total. The summed E-state index contributed by atoms with van der Waals surface area (Å²) in [4.78, 5) is 48.0. The zero-order valence-electron chi connectivity index (χ0n) is 18.4. The number of hydrogen-bond donors (Lipinski definition) is 0. The number of fused-ring (bicyclic) bond motifs is 3. The Morgan fingerprint density at radius 2 is 1.76 bits per heavy atom. The van der Waals surface area contributed by atoms with Crippen molar-refractivity contribution in [1.82, 2.24) is 14.7 Å². The smallest absolute Gasteiger partial charge is 0.416 e. The third kappa shape index (κ3) is 3.49. The van der Waals surface area contributed by atoms with Gasteiger partial charge in [-0.15, -0.1) is 0 Å². The number of ether oxygens (including phenoxy) is 1. The summed E-state index contributed by atoms with van der Waals surface area (Å²) in [5.74, 6) is -0.983. The van der Waals surface area contributed by atoms with E-state index in [1.807, 2.05) is 0 Å². The Morgan fingerprint density at radius 1 is 1.12 bits per heavy atom. The molecular formula is C21H22F3N5O4. The fourth-order valence-corrected chi connectivity index (χ4v) is 4.20. The van der Waals surface area contributed by atoms with Crippen LogP contribution in [0.1, 0.15) is 26.3 Å². The fourth-order valence-electron chi connectivity index (χ4n) is 4.20. The number of alkyl halides is 3. The molecule has 1 aromatic carbocycles. The van der Waals surface area contributed by atoms with Gasteiger partial charge in [-0.2, -0.15) is 13.2 Å². The minimum atomic E-state index is -4.46. The first-order chi connectivity index (χ1) is 15.5. The molecular weight excluding hydrogens is 443 g/mol. The Bertz CT molecular complexity index is 1080. The largest absolute Gasteiger partial charge is 0.465 e. The first-order valence-electron chi connectivity index (χ1n) is 10.2. The van der Waals surface area contributed by atoms with Gasteiger partial charge in [-0.25, -0.2) is 9.79 Å². The fraction of sp³-hybridized carbons (Fsp3) is 0.429. The van der Waals surface area contributed by atoms with Crippen LogP contribution in [0.25, 0.3) is 0 Å². The van der Waals surface area contributed by atoms with E-state index < -0.39 is 48.4 Å². The van der Waals surface area contributed by atoms with Gasteiger partial charge < -0.3 is 9.64 Å². The van der Waals surface area contributed by atoms with Crippen LogP contribution >= 0.6 is 0 Å². The van der Waals surface area contributed by atoms with Crippen LogP contribution < -0.4 is 4.90 Å². The van der Waals surface area contributed by atoms with Crippen molar-refractivity contribution < 1.29 is 32.3 Å². The number of guanidine groups is 1. The quantitative estimate of drug-likeness (QED) is 0.636. The van der Waals surface area contributed by atoms with Gasteiger partial charge in [-0.1, -0.05) is 0 Å². The summed E-state index contributed by atoms with van der Waals surface area (Å²) in [5, 5.41) is 0. The monoisotopic (exact) mass is 465 g/mol. The SMILES string of the molecule is CCOC(=O)CN1C(=O)C2C(N=C3N(c4ccc(C(F)(F)F)cc4)C(C)=C(C)N32)N(C)C1=O. The van der Waals surface area contributed by atoms with E-state index in [4.69, 9.17) is 4.74 Å². The molecule has 0 aliphatic carbocycles. The molecule has 33 heavy (non-hydrogen) atoms. The van der Waals surface area contributed by atoms with Gasteiger partial charge in [0.15, 0.2) is 12.2 Å². The number of allylic oxidation sites excluding steroid dienone is 2. The highest BCUT2D eigenvalue weighted by molar-refractivity contribution is 6.11. The first kappa shape index (κ1) is 22.6. The Balaban J connectivity index is 1.68. The molecule has 9 nitrogen and oxygen atoms in total. The molecule has 1 saturated heterocycles. The number of anilines is 1. The maximum atomic E-state index is 13.3. The van der Waals surface area contributed by atoms with E-state index in [9.17, 15) is 27.6 Å². The van der Waals surface area contributed by atoms with Gasteiger partial charge in [-0.05, 0) is 45.0 Å². The summed E-state index contributed by atoms with van der Waals surface area (Å²) >= 11 is 0. The molecule has 0 radical (unpaired) electrons. The minimum Gasteiger partial charge on any atom is -0.465 e. The maximum absolute atomic E-state index is 13.3. The number of esters is 1. The standard InChI is InChI=1S/C21H22F3N5O4/c1-5-33-15(30)10-27-18(31)16-17(26(4)20(27)32)25-19-28(11(2)12(3)29(16)19)14-8-6-13(7-9-14)21(22,23)24/h6-9,16-17H,5,10H2,1-4H3. The zero-order chi connectivity index (χ0) is 24.2. The highest BCUT2D eigenvalue weighted by Gasteiger charge is 2.56. The predicted octanol–water partition coefficient (Wildman–Crippen LogP) is 2.60. The Hall–Kier alpha value is -3.57. The molecule has 0 bridgehead atoms. The number of urea groups is 1. The number of nitrogens with zero attached hydrogens (tertiary/aromatic N) is 5. The Labute approximate surface area is 187 Å². The topological polar surface area (TPSA) is 85.8 Å². The number of aliphatic imine (C=N–C) groups is 1. The molecule has 3 aliphatic rings. The highest BCUT2D eigenvalue weighted by Crippen LogP contribution is 2.40. The highest BCUT2D eigenvalue weighted by atomic mass is 19.4. The van der Waals surface area contributed by atoms with Crippen LogP contribution in [-0.4, -0.2) is 71.0 Å². The van der Waals surface area contributed by atoms with Crippen LogP contribution in [0.4, 0.5) is 23.7 Å². The van der Waals surface area contributed by atoms with Gasteiger partial charge >= 0.3 is 18.2 Å². The van der Waals surface area contributed by atoms with E-state index in [2.05, 4.69) is 4.99 Å². The average molecular weight is 465 g/mol.